The van der Waals surface area contributed by atoms with E-state index in [0.29, 0.717) is 5.69 Å². The van der Waals surface area contributed by atoms with Crippen molar-refractivity contribution in [3.8, 4) is 5.75 Å². The number of aryl methyl sites for hydroxylation is 2. The fraction of sp³-hybridized carbons (Fsp3) is 0.222. The Morgan fingerprint density at radius 2 is 1.69 bits per heavy atom. The molecule has 0 fully saturated rings. The van der Waals surface area contributed by atoms with Crippen molar-refractivity contribution in [1.82, 2.24) is 0 Å². The van der Waals surface area contributed by atoms with Crippen LogP contribution in [0.25, 0.3) is 0 Å². The number of aliphatic imine (C=N–C) groups is 1. The Kier molecular flexibility index (Phi) is 2.41. The average Bonchev–Trinajstić information content (AvgIpc) is 1.98. The van der Waals surface area contributed by atoms with Crippen LogP contribution >= 0.6 is 0 Å². The number of guanidine groups is 1. The molecule has 0 saturated heterocycles. The molecular weight excluding hydrogens is 166 g/mol. The lowest BCUT2D eigenvalue weighted by Crippen LogP contribution is -2.21. The molecule has 13 heavy (non-hydrogen) atoms. The molecule has 0 heterocycles. The molecule has 70 valence electrons. The highest BCUT2D eigenvalue weighted by Crippen LogP contribution is 2.26. The molecular formula is C9H13N3O. The Morgan fingerprint density at radius 3 is 2.08 bits per heavy atom. The molecule has 1 aromatic carbocycles. The number of phenolic OH excluding ortho intramolecular Hbond substituents is 1. The van der Waals surface area contributed by atoms with Crippen LogP contribution in [0, 0.1) is 13.8 Å². The first-order chi connectivity index (χ1) is 6.00. The van der Waals surface area contributed by atoms with Gasteiger partial charge in [-0.05, 0) is 37.1 Å². The Balaban J connectivity index is 3.21. The Bertz CT molecular complexity index is 331. The predicted molar refractivity (Wildman–Crippen MR) is 53.1 cm³/mol. The normalized spacial score (nSPS) is 9.69. The molecule has 0 radical (unpaired) electrons. The standard InChI is InChI=1S/C9H13N3O/c1-5-3-7(12-9(10)11)4-6(2)8(5)13/h3-4,13H,1-2H3,(H4,10,11,12). The van der Waals surface area contributed by atoms with Gasteiger partial charge in [0.25, 0.3) is 0 Å². The first-order valence-corrected chi connectivity index (χ1v) is 3.90. The zero-order valence-electron chi connectivity index (χ0n) is 7.70. The van der Waals surface area contributed by atoms with Gasteiger partial charge >= 0.3 is 0 Å². The van der Waals surface area contributed by atoms with Crippen LogP contribution in [0.15, 0.2) is 17.1 Å². The fourth-order valence-corrected chi connectivity index (χ4v) is 1.15. The molecule has 0 atom stereocenters. The van der Waals surface area contributed by atoms with E-state index in [2.05, 4.69) is 4.99 Å². The minimum atomic E-state index is 0.0180. The van der Waals surface area contributed by atoms with Gasteiger partial charge in [0.2, 0.25) is 0 Å². The second-order valence-electron chi connectivity index (χ2n) is 2.96. The molecule has 0 aliphatic heterocycles. The van der Waals surface area contributed by atoms with Crippen molar-refractivity contribution in [3.63, 3.8) is 0 Å². The minimum Gasteiger partial charge on any atom is -0.507 e. The van der Waals surface area contributed by atoms with E-state index in [0.717, 1.165) is 11.1 Å². The highest BCUT2D eigenvalue weighted by Gasteiger charge is 2.02. The summed E-state index contributed by atoms with van der Waals surface area (Å²) < 4.78 is 0. The van der Waals surface area contributed by atoms with E-state index in [1.54, 1.807) is 26.0 Å². The van der Waals surface area contributed by atoms with Gasteiger partial charge in [-0.2, -0.15) is 0 Å². The molecule has 0 aliphatic rings. The molecule has 0 aromatic heterocycles. The smallest absolute Gasteiger partial charge is 0.191 e. The lowest BCUT2D eigenvalue weighted by molar-refractivity contribution is 0.467. The SMILES string of the molecule is Cc1cc(N=C(N)N)cc(C)c1O. The highest BCUT2D eigenvalue weighted by atomic mass is 16.3. The maximum absolute atomic E-state index is 9.45. The topological polar surface area (TPSA) is 84.6 Å². The van der Waals surface area contributed by atoms with Crippen LogP contribution in [-0.4, -0.2) is 11.1 Å². The number of nitrogens with two attached hydrogens (primary N) is 2. The molecule has 0 aliphatic carbocycles. The van der Waals surface area contributed by atoms with Crippen molar-refractivity contribution in [2.24, 2.45) is 16.5 Å². The van der Waals surface area contributed by atoms with Gasteiger partial charge in [-0.25, -0.2) is 4.99 Å². The van der Waals surface area contributed by atoms with Gasteiger partial charge in [-0.3, -0.25) is 0 Å². The second-order valence-corrected chi connectivity index (χ2v) is 2.96. The number of rotatable bonds is 1. The highest BCUT2D eigenvalue weighted by molar-refractivity contribution is 5.79. The van der Waals surface area contributed by atoms with E-state index in [4.69, 9.17) is 11.5 Å². The largest absolute Gasteiger partial charge is 0.507 e. The lowest BCUT2D eigenvalue weighted by Gasteiger charge is -2.04. The van der Waals surface area contributed by atoms with Crippen molar-refractivity contribution in [2.75, 3.05) is 0 Å². The molecule has 0 spiro atoms. The summed E-state index contributed by atoms with van der Waals surface area (Å²) in [4.78, 5) is 3.88. The number of hydrogen-bond donors (Lipinski definition) is 3. The summed E-state index contributed by atoms with van der Waals surface area (Å²) in [5, 5.41) is 9.45. The summed E-state index contributed by atoms with van der Waals surface area (Å²) in [6.45, 7) is 3.60. The third-order valence-electron chi connectivity index (χ3n) is 1.73. The third kappa shape index (κ3) is 2.11. The van der Waals surface area contributed by atoms with Gasteiger partial charge in [0.15, 0.2) is 5.96 Å². The van der Waals surface area contributed by atoms with E-state index in [1.165, 1.54) is 0 Å². The van der Waals surface area contributed by atoms with E-state index in [1.807, 2.05) is 0 Å². The number of aromatic hydroxyl groups is 1. The predicted octanol–water partition coefficient (Wildman–Crippen LogP) is 0.914. The molecule has 0 unspecified atom stereocenters. The molecule has 0 bridgehead atoms. The van der Waals surface area contributed by atoms with Crippen LogP contribution in [-0.2, 0) is 0 Å². The summed E-state index contributed by atoms with van der Waals surface area (Å²) in [5.41, 5.74) is 12.6. The van der Waals surface area contributed by atoms with Gasteiger partial charge in [0.1, 0.15) is 5.75 Å². The molecule has 4 nitrogen and oxygen atoms in total. The third-order valence-corrected chi connectivity index (χ3v) is 1.73. The van der Waals surface area contributed by atoms with Crippen LogP contribution in [0.1, 0.15) is 11.1 Å². The summed E-state index contributed by atoms with van der Waals surface area (Å²) in [6, 6.07) is 3.45. The number of nitrogens with zero attached hydrogens (tertiary/aromatic N) is 1. The quantitative estimate of drug-likeness (QED) is 0.442. The lowest BCUT2D eigenvalue weighted by atomic mass is 10.1. The molecule has 0 amide bonds. The monoisotopic (exact) mass is 179 g/mol. The zero-order valence-corrected chi connectivity index (χ0v) is 7.70. The molecule has 1 aromatic rings. The fourth-order valence-electron chi connectivity index (χ4n) is 1.15. The van der Waals surface area contributed by atoms with Gasteiger partial charge < -0.3 is 16.6 Å². The van der Waals surface area contributed by atoms with Crippen LogP contribution < -0.4 is 11.5 Å². The van der Waals surface area contributed by atoms with Gasteiger partial charge in [0.05, 0.1) is 5.69 Å². The van der Waals surface area contributed by atoms with Crippen LogP contribution in [0.5, 0.6) is 5.75 Å². The van der Waals surface area contributed by atoms with E-state index in [9.17, 15) is 5.11 Å². The van der Waals surface area contributed by atoms with E-state index >= 15 is 0 Å². The van der Waals surface area contributed by atoms with Crippen molar-refractivity contribution >= 4 is 11.6 Å². The van der Waals surface area contributed by atoms with Gasteiger partial charge in [-0.1, -0.05) is 0 Å². The molecule has 4 heteroatoms. The number of phenols is 1. The van der Waals surface area contributed by atoms with Crippen molar-refractivity contribution in [1.29, 1.82) is 0 Å². The molecule has 5 N–H and O–H groups in total. The average molecular weight is 179 g/mol. The molecule has 1 rings (SSSR count). The number of benzene rings is 1. The van der Waals surface area contributed by atoms with Crippen LogP contribution in [0.4, 0.5) is 5.69 Å². The Morgan fingerprint density at radius 1 is 1.23 bits per heavy atom. The summed E-state index contributed by atoms with van der Waals surface area (Å²) in [7, 11) is 0. The zero-order chi connectivity index (χ0) is 10.0. The van der Waals surface area contributed by atoms with Crippen molar-refractivity contribution < 1.29 is 5.11 Å². The second kappa shape index (κ2) is 3.35. The van der Waals surface area contributed by atoms with Crippen LogP contribution in [0.2, 0.25) is 0 Å². The first-order valence-electron chi connectivity index (χ1n) is 3.90. The Labute approximate surface area is 76.9 Å². The first kappa shape index (κ1) is 9.38. The van der Waals surface area contributed by atoms with E-state index < -0.39 is 0 Å². The van der Waals surface area contributed by atoms with Crippen molar-refractivity contribution in [2.45, 2.75) is 13.8 Å². The summed E-state index contributed by atoms with van der Waals surface area (Å²) >= 11 is 0. The maximum atomic E-state index is 9.45. The van der Waals surface area contributed by atoms with E-state index in [-0.39, 0.29) is 11.7 Å². The van der Waals surface area contributed by atoms with Gasteiger partial charge in [-0.15, -0.1) is 0 Å². The van der Waals surface area contributed by atoms with Crippen LogP contribution in [0.3, 0.4) is 0 Å². The number of hydrogen-bond acceptors (Lipinski definition) is 2. The maximum Gasteiger partial charge on any atom is 0.191 e. The summed E-state index contributed by atoms with van der Waals surface area (Å²) in [5.74, 6) is 0.305. The minimum absolute atomic E-state index is 0.0180. The Hall–Kier alpha value is -1.71. The van der Waals surface area contributed by atoms with Crippen molar-refractivity contribution in [3.05, 3.63) is 23.3 Å². The summed E-state index contributed by atoms with van der Waals surface area (Å²) in [6.07, 6.45) is 0. The van der Waals surface area contributed by atoms with Gasteiger partial charge in [0, 0.05) is 0 Å². The molecule has 0 saturated carbocycles.